The molecule has 0 unspecified atom stereocenters. The lowest BCUT2D eigenvalue weighted by Gasteiger charge is -2.20. The number of hydrogen-bond acceptors (Lipinski definition) is 4. The van der Waals surface area contributed by atoms with Crippen molar-refractivity contribution in [3.63, 3.8) is 0 Å². The van der Waals surface area contributed by atoms with Gasteiger partial charge < -0.3 is 9.47 Å². The van der Waals surface area contributed by atoms with E-state index in [1.807, 2.05) is 6.92 Å². The summed E-state index contributed by atoms with van der Waals surface area (Å²) in [7, 11) is -0.683. The summed E-state index contributed by atoms with van der Waals surface area (Å²) in [6, 6.07) is 6.65. The van der Waals surface area contributed by atoms with Gasteiger partial charge in [-0.2, -0.15) is 0 Å². The molecule has 17 heavy (non-hydrogen) atoms. The van der Waals surface area contributed by atoms with Gasteiger partial charge in [-0.05, 0) is 19.1 Å². The molecule has 0 N–H and O–H groups in total. The fourth-order valence-corrected chi connectivity index (χ4v) is 2.59. The van der Waals surface area contributed by atoms with Gasteiger partial charge in [-0.3, -0.25) is 0 Å². The molecule has 1 rings (SSSR count). The third-order valence-electron chi connectivity index (χ3n) is 2.20. The molecule has 0 heterocycles. The normalized spacial score (nSPS) is 12.0. The zero-order valence-electron chi connectivity index (χ0n) is 10.2. The molecule has 0 fully saturated rings. The van der Waals surface area contributed by atoms with E-state index in [9.17, 15) is 8.42 Å². The van der Waals surface area contributed by atoms with Crippen LogP contribution < -0.4 is 0 Å². The van der Waals surface area contributed by atoms with Crippen LogP contribution >= 0.6 is 0 Å². The van der Waals surface area contributed by atoms with Crippen LogP contribution in [-0.2, 0) is 19.5 Å². The van der Waals surface area contributed by atoms with Gasteiger partial charge in [0.25, 0.3) is 0 Å². The highest BCUT2D eigenvalue weighted by atomic mass is 32.2. The van der Waals surface area contributed by atoms with Gasteiger partial charge in [0.15, 0.2) is 0 Å². The Morgan fingerprint density at radius 1 is 1.06 bits per heavy atom. The second kappa shape index (κ2) is 6.11. The van der Waals surface area contributed by atoms with Gasteiger partial charge in [0.1, 0.15) is 13.5 Å². The fraction of sp³-hybridized carbons (Fsp3) is 0.455. The molecule has 0 aromatic heterocycles. The lowest BCUT2D eigenvalue weighted by molar-refractivity contribution is 0.0405. The molecule has 6 heteroatoms. The largest absolute Gasteiger partial charge is 0.368 e. The SMILES string of the molecule is COCN(COC)S(=O)(=O)c1ccc(C)cc1. The van der Waals surface area contributed by atoms with Crippen molar-refractivity contribution in [1.29, 1.82) is 0 Å². The minimum atomic E-state index is -3.56. The standard InChI is InChI=1S/C11H17NO4S/c1-10-4-6-11(7-5-10)17(13,14)12(8-15-2)9-16-3/h4-7H,8-9H2,1-3H3. The maximum absolute atomic E-state index is 12.2. The first-order valence-electron chi connectivity index (χ1n) is 5.07. The predicted molar refractivity (Wildman–Crippen MR) is 64.0 cm³/mol. The van der Waals surface area contributed by atoms with E-state index < -0.39 is 10.0 Å². The van der Waals surface area contributed by atoms with Crippen molar-refractivity contribution < 1.29 is 17.9 Å². The van der Waals surface area contributed by atoms with E-state index in [1.54, 1.807) is 24.3 Å². The van der Waals surface area contributed by atoms with E-state index >= 15 is 0 Å². The van der Waals surface area contributed by atoms with E-state index in [2.05, 4.69) is 0 Å². The Morgan fingerprint density at radius 2 is 1.53 bits per heavy atom. The highest BCUT2D eigenvalue weighted by molar-refractivity contribution is 7.89. The van der Waals surface area contributed by atoms with E-state index in [1.165, 1.54) is 14.2 Å². The third-order valence-corrected chi connectivity index (χ3v) is 3.96. The van der Waals surface area contributed by atoms with Crippen LogP contribution in [0.2, 0.25) is 0 Å². The highest BCUT2D eigenvalue weighted by Gasteiger charge is 2.23. The first kappa shape index (κ1) is 14.1. The van der Waals surface area contributed by atoms with E-state index in [0.29, 0.717) is 0 Å². The molecule has 5 nitrogen and oxygen atoms in total. The van der Waals surface area contributed by atoms with Gasteiger partial charge in [-0.15, -0.1) is 4.31 Å². The van der Waals surface area contributed by atoms with Crippen LogP contribution in [0.15, 0.2) is 29.2 Å². The Labute approximate surface area is 102 Å². The molecule has 0 saturated heterocycles. The molecule has 0 aliphatic carbocycles. The number of rotatable bonds is 6. The van der Waals surface area contributed by atoms with E-state index in [-0.39, 0.29) is 18.4 Å². The lowest BCUT2D eigenvalue weighted by Crippen LogP contribution is -2.34. The van der Waals surface area contributed by atoms with Crippen molar-refractivity contribution in [2.45, 2.75) is 11.8 Å². The summed E-state index contributed by atoms with van der Waals surface area (Å²) in [6.45, 7) is 1.83. The number of methoxy groups -OCH3 is 2. The molecule has 0 aliphatic rings. The highest BCUT2D eigenvalue weighted by Crippen LogP contribution is 2.16. The third kappa shape index (κ3) is 3.50. The average molecular weight is 259 g/mol. The first-order valence-corrected chi connectivity index (χ1v) is 6.51. The summed E-state index contributed by atoms with van der Waals surface area (Å²) in [5.74, 6) is 0. The van der Waals surface area contributed by atoms with Crippen LogP contribution in [0, 0.1) is 6.92 Å². The zero-order chi connectivity index (χ0) is 12.9. The zero-order valence-corrected chi connectivity index (χ0v) is 11.0. The monoisotopic (exact) mass is 259 g/mol. The Morgan fingerprint density at radius 3 is 1.94 bits per heavy atom. The van der Waals surface area contributed by atoms with Crippen molar-refractivity contribution in [3.05, 3.63) is 29.8 Å². The number of ether oxygens (including phenoxy) is 2. The van der Waals surface area contributed by atoms with Gasteiger partial charge in [0, 0.05) is 14.2 Å². The molecular formula is C11H17NO4S. The maximum atomic E-state index is 12.2. The van der Waals surface area contributed by atoms with E-state index in [4.69, 9.17) is 9.47 Å². The van der Waals surface area contributed by atoms with Crippen LogP contribution in [0.3, 0.4) is 0 Å². The van der Waals surface area contributed by atoms with Crippen molar-refractivity contribution in [2.75, 3.05) is 27.7 Å². The molecule has 0 amide bonds. The summed E-state index contributed by atoms with van der Waals surface area (Å²) in [6.07, 6.45) is 0. The minimum absolute atomic E-state index is 0.0376. The van der Waals surface area contributed by atoms with Crippen LogP contribution in [0.25, 0.3) is 0 Å². The molecule has 0 atom stereocenters. The summed E-state index contributed by atoms with van der Waals surface area (Å²) in [5, 5.41) is 0. The van der Waals surface area contributed by atoms with Gasteiger partial charge in [0.05, 0.1) is 4.90 Å². The second-order valence-corrected chi connectivity index (χ2v) is 5.54. The number of benzene rings is 1. The lowest BCUT2D eigenvalue weighted by atomic mass is 10.2. The fourth-order valence-electron chi connectivity index (χ4n) is 1.32. The Bertz CT molecular complexity index is 435. The minimum Gasteiger partial charge on any atom is -0.368 e. The van der Waals surface area contributed by atoms with Gasteiger partial charge in [0.2, 0.25) is 10.0 Å². The molecule has 0 spiro atoms. The van der Waals surface area contributed by atoms with Crippen LogP contribution in [0.5, 0.6) is 0 Å². The van der Waals surface area contributed by atoms with Crippen molar-refractivity contribution >= 4 is 10.0 Å². The van der Waals surface area contributed by atoms with Crippen molar-refractivity contribution in [3.8, 4) is 0 Å². The quantitative estimate of drug-likeness (QED) is 0.720. The van der Waals surface area contributed by atoms with Crippen molar-refractivity contribution in [1.82, 2.24) is 4.31 Å². The Hall–Kier alpha value is -0.950. The van der Waals surface area contributed by atoms with Gasteiger partial charge in [-0.25, -0.2) is 8.42 Å². The number of aryl methyl sites for hydroxylation is 1. The molecule has 96 valence electrons. The molecule has 1 aromatic rings. The first-order chi connectivity index (χ1) is 8.02. The Kier molecular flexibility index (Phi) is 5.07. The smallest absolute Gasteiger partial charge is 0.246 e. The predicted octanol–water partition coefficient (Wildman–Crippen LogP) is 1.19. The maximum Gasteiger partial charge on any atom is 0.246 e. The second-order valence-electron chi connectivity index (χ2n) is 3.61. The molecule has 1 aromatic carbocycles. The van der Waals surface area contributed by atoms with Gasteiger partial charge in [-0.1, -0.05) is 17.7 Å². The van der Waals surface area contributed by atoms with Crippen LogP contribution in [0.1, 0.15) is 5.56 Å². The van der Waals surface area contributed by atoms with Gasteiger partial charge >= 0.3 is 0 Å². The summed E-state index contributed by atoms with van der Waals surface area (Å²) in [5.41, 5.74) is 1.01. The Balaban J connectivity index is 3.02. The number of hydrogen-bond donors (Lipinski definition) is 0. The molecule has 0 bridgehead atoms. The van der Waals surface area contributed by atoms with E-state index in [0.717, 1.165) is 9.87 Å². The molecule has 0 radical (unpaired) electrons. The molecular weight excluding hydrogens is 242 g/mol. The van der Waals surface area contributed by atoms with Crippen molar-refractivity contribution in [2.24, 2.45) is 0 Å². The topological polar surface area (TPSA) is 55.8 Å². The summed E-state index contributed by atoms with van der Waals surface area (Å²) >= 11 is 0. The molecule has 0 saturated carbocycles. The average Bonchev–Trinajstić information content (AvgIpc) is 2.29. The molecule has 0 aliphatic heterocycles. The van der Waals surface area contributed by atoms with Crippen LogP contribution in [-0.4, -0.2) is 40.4 Å². The number of nitrogens with zero attached hydrogens (tertiary/aromatic N) is 1. The van der Waals surface area contributed by atoms with Crippen LogP contribution in [0.4, 0.5) is 0 Å². The summed E-state index contributed by atoms with van der Waals surface area (Å²) < 4.78 is 35.2. The summed E-state index contributed by atoms with van der Waals surface area (Å²) in [4.78, 5) is 0.234. The number of sulfonamides is 1.